The Balaban J connectivity index is 1.44. The molecule has 2 heterocycles. The molecule has 3 aromatic rings. The summed E-state index contributed by atoms with van der Waals surface area (Å²) in [5.41, 5.74) is 3.21. The molecule has 0 atom stereocenters. The third-order valence-electron chi connectivity index (χ3n) is 9.21. The Labute approximate surface area is 238 Å². The maximum absolute atomic E-state index is 14.4. The number of benzene rings is 2. The van der Waals surface area contributed by atoms with Gasteiger partial charge in [-0.2, -0.15) is 13.2 Å². The van der Waals surface area contributed by atoms with Gasteiger partial charge >= 0.3 is 6.18 Å². The maximum Gasteiger partial charge on any atom is 0.416 e. The molecule has 218 valence electrons. The van der Waals surface area contributed by atoms with Gasteiger partial charge in [-0.3, -0.25) is 4.79 Å². The molecule has 6 rings (SSSR count). The van der Waals surface area contributed by atoms with E-state index in [4.69, 9.17) is 4.74 Å². The van der Waals surface area contributed by atoms with Crippen LogP contribution in [0.2, 0.25) is 0 Å². The van der Waals surface area contributed by atoms with Crippen LogP contribution in [0.5, 0.6) is 0 Å². The number of ether oxygens (including phenoxy) is 1. The van der Waals surface area contributed by atoms with Gasteiger partial charge in [-0.15, -0.1) is 0 Å². The van der Waals surface area contributed by atoms with Crippen LogP contribution in [0.4, 0.5) is 18.9 Å². The van der Waals surface area contributed by atoms with Crippen LogP contribution in [-0.4, -0.2) is 34.4 Å². The van der Waals surface area contributed by atoms with Crippen LogP contribution in [0.1, 0.15) is 90.0 Å². The fourth-order valence-electron chi connectivity index (χ4n) is 6.39. The van der Waals surface area contributed by atoms with E-state index < -0.39 is 17.6 Å². The van der Waals surface area contributed by atoms with Crippen LogP contribution in [-0.2, 0) is 37.5 Å². The molecule has 41 heavy (non-hydrogen) atoms. The van der Waals surface area contributed by atoms with E-state index in [0.29, 0.717) is 11.3 Å². The number of fused-ring (bicyclic) bond motifs is 1. The van der Waals surface area contributed by atoms with Gasteiger partial charge in [0.2, 0.25) is 6.33 Å². The van der Waals surface area contributed by atoms with E-state index in [1.165, 1.54) is 11.0 Å². The van der Waals surface area contributed by atoms with Crippen molar-refractivity contribution >= 4 is 11.6 Å². The molecule has 3 aliphatic rings. The number of hydrogen-bond acceptors (Lipinski definition) is 4. The van der Waals surface area contributed by atoms with Crippen molar-refractivity contribution in [2.75, 3.05) is 12.0 Å². The molecule has 2 fully saturated rings. The van der Waals surface area contributed by atoms with Crippen LogP contribution in [0.15, 0.2) is 36.9 Å². The minimum atomic E-state index is -4.58. The number of hydrogen-bond donors (Lipinski definition) is 1. The number of amides is 1. The molecule has 0 saturated heterocycles. The van der Waals surface area contributed by atoms with Gasteiger partial charge in [0.1, 0.15) is 0 Å². The number of carbonyl (C=O) groups excluding carboxylic acids is 1. The van der Waals surface area contributed by atoms with Crippen molar-refractivity contribution in [3.63, 3.8) is 0 Å². The zero-order valence-corrected chi connectivity index (χ0v) is 24.0. The summed E-state index contributed by atoms with van der Waals surface area (Å²) in [6.45, 7) is 4.27. The summed E-state index contributed by atoms with van der Waals surface area (Å²) in [7, 11) is 3.57. The van der Waals surface area contributed by atoms with E-state index in [-0.39, 0.29) is 41.8 Å². The highest BCUT2D eigenvalue weighted by atomic mass is 19.4. The normalized spacial score (nSPS) is 21.5. The van der Waals surface area contributed by atoms with Crippen molar-refractivity contribution in [3.8, 4) is 5.69 Å². The molecule has 0 bridgehead atoms. The number of carbonyl (C=O) groups is 1. The molecular formula is C31H37F3N5O2+. The predicted octanol–water partition coefficient (Wildman–Crippen LogP) is 5.36. The molecule has 2 aliphatic carbocycles. The first-order valence-electron chi connectivity index (χ1n) is 14.4. The lowest BCUT2D eigenvalue weighted by Gasteiger charge is -2.39. The van der Waals surface area contributed by atoms with Crippen LogP contribution in [0.3, 0.4) is 0 Å². The molecule has 1 amide bonds. The summed E-state index contributed by atoms with van der Waals surface area (Å²) in [5, 5.41) is 7.95. The Morgan fingerprint density at radius 3 is 2.51 bits per heavy atom. The lowest BCUT2D eigenvalue weighted by Crippen LogP contribution is -2.47. The fourth-order valence-corrected chi connectivity index (χ4v) is 6.39. The molecule has 7 nitrogen and oxygen atoms in total. The Kier molecular flexibility index (Phi) is 6.97. The van der Waals surface area contributed by atoms with Gasteiger partial charge in [-0.25, -0.2) is 4.57 Å². The summed E-state index contributed by atoms with van der Waals surface area (Å²) in [6.07, 6.45) is 4.58. The van der Waals surface area contributed by atoms with Crippen molar-refractivity contribution in [1.29, 1.82) is 0 Å². The van der Waals surface area contributed by atoms with E-state index in [1.807, 2.05) is 30.9 Å². The maximum atomic E-state index is 14.4. The Hall–Kier alpha value is -3.24. The largest absolute Gasteiger partial charge is 0.416 e. The van der Waals surface area contributed by atoms with E-state index in [9.17, 15) is 18.0 Å². The molecule has 1 N–H and O–H groups in total. The van der Waals surface area contributed by atoms with Gasteiger partial charge in [0.15, 0.2) is 5.69 Å². The SMILES string of the molecule is CCc1cc(C2CC(OC)C2)c(-n2c[n+](C)cn2)c(N2Cc3c(cc(CNC4(C)CCC4)cc3C(F)(F)F)C2=O)c1. The average molecular weight is 569 g/mol. The number of methoxy groups -OCH3 is 1. The predicted molar refractivity (Wildman–Crippen MR) is 148 cm³/mol. The zero-order valence-electron chi connectivity index (χ0n) is 24.0. The molecule has 1 aromatic heterocycles. The number of nitrogens with one attached hydrogen (secondary N) is 1. The van der Waals surface area contributed by atoms with Gasteiger partial charge in [0.25, 0.3) is 12.2 Å². The van der Waals surface area contributed by atoms with Crippen LogP contribution < -0.4 is 14.8 Å². The Morgan fingerprint density at radius 1 is 1.17 bits per heavy atom. The van der Waals surface area contributed by atoms with Gasteiger partial charge < -0.3 is 15.0 Å². The number of rotatable bonds is 8. The van der Waals surface area contributed by atoms with Crippen molar-refractivity contribution < 1.29 is 27.3 Å². The van der Waals surface area contributed by atoms with Gasteiger partial charge in [0, 0.05) is 35.4 Å². The lowest BCUT2D eigenvalue weighted by molar-refractivity contribution is -0.672. The van der Waals surface area contributed by atoms with E-state index in [2.05, 4.69) is 23.4 Å². The minimum Gasteiger partial charge on any atom is -0.381 e. The smallest absolute Gasteiger partial charge is 0.381 e. The summed E-state index contributed by atoms with van der Waals surface area (Å²) < 4.78 is 52.3. The summed E-state index contributed by atoms with van der Waals surface area (Å²) in [4.78, 5) is 15.5. The lowest BCUT2D eigenvalue weighted by atomic mass is 9.76. The number of aryl methyl sites for hydroxylation is 2. The highest BCUT2D eigenvalue weighted by molar-refractivity contribution is 6.11. The molecule has 2 saturated carbocycles. The number of aromatic nitrogens is 3. The monoisotopic (exact) mass is 568 g/mol. The fraction of sp³-hybridized carbons (Fsp3) is 0.516. The van der Waals surface area contributed by atoms with E-state index in [0.717, 1.165) is 55.3 Å². The number of alkyl halides is 3. The van der Waals surface area contributed by atoms with E-state index >= 15 is 0 Å². The second-order valence-electron chi connectivity index (χ2n) is 12.1. The number of halogens is 3. The minimum absolute atomic E-state index is 0.0321. The van der Waals surface area contributed by atoms with Crippen molar-refractivity contribution in [3.05, 3.63) is 70.3 Å². The highest BCUT2D eigenvalue weighted by Gasteiger charge is 2.43. The first-order chi connectivity index (χ1) is 19.5. The van der Waals surface area contributed by atoms with Gasteiger partial charge in [-0.05, 0) is 86.3 Å². The topological polar surface area (TPSA) is 63.3 Å². The summed E-state index contributed by atoms with van der Waals surface area (Å²) in [6, 6.07) is 6.95. The summed E-state index contributed by atoms with van der Waals surface area (Å²) in [5.74, 6) is -0.214. The number of nitrogens with zero attached hydrogens (tertiary/aromatic N) is 4. The Bertz CT molecular complexity index is 1490. The molecule has 0 radical (unpaired) electrons. The quantitative estimate of drug-likeness (QED) is 0.372. The second kappa shape index (κ2) is 10.2. The first kappa shape index (κ1) is 27.9. The molecule has 0 unspecified atom stereocenters. The van der Waals surface area contributed by atoms with Gasteiger partial charge in [-0.1, -0.05) is 17.7 Å². The Morgan fingerprint density at radius 2 is 1.93 bits per heavy atom. The third-order valence-corrected chi connectivity index (χ3v) is 9.21. The van der Waals surface area contributed by atoms with Crippen molar-refractivity contribution in [2.24, 2.45) is 7.05 Å². The first-order valence-corrected chi connectivity index (χ1v) is 14.4. The molecule has 2 aromatic carbocycles. The van der Waals surface area contributed by atoms with Crippen LogP contribution >= 0.6 is 0 Å². The van der Waals surface area contributed by atoms with Crippen LogP contribution in [0.25, 0.3) is 5.69 Å². The highest BCUT2D eigenvalue weighted by Crippen LogP contribution is 2.46. The molecule has 1 aliphatic heterocycles. The third kappa shape index (κ3) is 5.05. The standard InChI is InChI=1S/C31H37F3N5O2/c1-5-19-9-23(21-13-22(14-21)41-4)28(39-18-37(3)17-36-39)27(12-19)38-16-25-24(29(38)40)10-20(11-26(25)31(32,33)34)15-35-30(2)7-6-8-30/h9-12,17-18,21-22,35H,5-8,13-16H2,1-4H3/q+1. The van der Waals surface area contributed by atoms with Gasteiger partial charge in [0.05, 0.1) is 30.9 Å². The zero-order chi connectivity index (χ0) is 29.1. The molecular weight excluding hydrogens is 531 g/mol. The van der Waals surface area contributed by atoms with Crippen molar-refractivity contribution in [2.45, 2.75) is 89.2 Å². The van der Waals surface area contributed by atoms with Crippen molar-refractivity contribution in [1.82, 2.24) is 15.1 Å². The average Bonchev–Trinajstić information content (AvgIpc) is 3.47. The molecule has 0 spiro atoms. The summed E-state index contributed by atoms with van der Waals surface area (Å²) >= 11 is 0. The van der Waals surface area contributed by atoms with E-state index in [1.54, 1.807) is 24.2 Å². The van der Waals surface area contributed by atoms with Crippen LogP contribution in [0, 0.1) is 0 Å². The molecule has 10 heteroatoms. The number of anilines is 1. The second-order valence-corrected chi connectivity index (χ2v) is 12.1.